The van der Waals surface area contributed by atoms with Crippen molar-refractivity contribution < 1.29 is 27.2 Å². The first kappa shape index (κ1) is 22.6. The number of anilines is 1. The fraction of sp³-hybridized carbons (Fsp3) is 0.391. The van der Waals surface area contributed by atoms with Crippen LogP contribution in [0.5, 0.6) is 0 Å². The number of rotatable bonds is 4. The molecule has 170 valence electrons. The van der Waals surface area contributed by atoms with E-state index >= 15 is 0 Å². The molecule has 0 aromatic heterocycles. The number of nitrogens with zero attached hydrogens (tertiary/aromatic N) is 1. The second kappa shape index (κ2) is 8.73. The van der Waals surface area contributed by atoms with Gasteiger partial charge in [0, 0.05) is 19.0 Å². The van der Waals surface area contributed by atoms with Crippen LogP contribution < -0.4 is 5.32 Å². The molecule has 1 heterocycles. The highest BCUT2D eigenvalue weighted by Crippen LogP contribution is 2.35. The highest BCUT2D eigenvalue weighted by Gasteiger charge is 2.34. The number of fused-ring (bicyclic) bond motifs is 1. The van der Waals surface area contributed by atoms with Crippen LogP contribution in [0.25, 0.3) is 0 Å². The lowest BCUT2D eigenvalue weighted by molar-refractivity contribution is -0.140. The molecule has 0 atom stereocenters. The molecule has 0 bridgehead atoms. The topological polar surface area (TPSA) is 49.4 Å². The van der Waals surface area contributed by atoms with E-state index in [-0.39, 0.29) is 23.8 Å². The van der Waals surface area contributed by atoms with Gasteiger partial charge in [0.15, 0.2) is 0 Å². The molecule has 2 aliphatic rings. The van der Waals surface area contributed by atoms with Gasteiger partial charge in [0.2, 0.25) is 11.8 Å². The molecule has 2 amide bonds. The van der Waals surface area contributed by atoms with Crippen molar-refractivity contribution in [2.45, 2.75) is 44.8 Å². The monoisotopic (exact) mass is 468 g/mol. The van der Waals surface area contributed by atoms with Crippen molar-refractivity contribution in [3.63, 3.8) is 0 Å². The summed E-state index contributed by atoms with van der Waals surface area (Å²) in [6.45, 7) is 0.963. The predicted octanol–water partition coefficient (Wildman–Crippen LogP) is 5.36. The van der Waals surface area contributed by atoms with Gasteiger partial charge in [-0.05, 0) is 54.2 Å². The molecule has 0 unspecified atom stereocenters. The Kier molecular flexibility index (Phi) is 6.16. The van der Waals surface area contributed by atoms with Crippen molar-refractivity contribution in [2.75, 3.05) is 11.9 Å². The van der Waals surface area contributed by atoms with Gasteiger partial charge in [-0.2, -0.15) is 13.2 Å². The lowest BCUT2D eigenvalue weighted by Crippen LogP contribution is -2.42. The zero-order chi connectivity index (χ0) is 23.0. The zero-order valence-electron chi connectivity index (χ0n) is 17.1. The third-order valence-corrected chi connectivity index (χ3v) is 6.40. The summed E-state index contributed by atoms with van der Waals surface area (Å²) in [4.78, 5) is 26.9. The number of hydrogen-bond donors (Lipinski definition) is 1. The van der Waals surface area contributed by atoms with Gasteiger partial charge in [-0.25, -0.2) is 4.39 Å². The molecule has 9 heteroatoms. The molecule has 1 fully saturated rings. The Balaban J connectivity index is 1.47. The third-order valence-electron chi connectivity index (χ3n) is 6.09. The lowest BCUT2D eigenvalue weighted by atomic mass is 9.83. The molecule has 2 aromatic rings. The first-order chi connectivity index (χ1) is 15.1. The van der Waals surface area contributed by atoms with Gasteiger partial charge >= 0.3 is 6.18 Å². The van der Waals surface area contributed by atoms with E-state index in [0.717, 1.165) is 36.5 Å². The van der Waals surface area contributed by atoms with E-state index in [0.29, 0.717) is 42.4 Å². The van der Waals surface area contributed by atoms with Crippen molar-refractivity contribution in [3.05, 3.63) is 63.4 Å². The van der Waals surface area contributed by atoms with Gasteiger partial charge < -0.3 is 10.2 Å². The fourth-order valence-corrected chi connectivity index (χ4v) is 4.36. The number of amides is 2. The molecule has 1 N–H and O–H groups in total. The van der Waals surface area contributed by atoms with Crippen LogP contribution in [-0.2, 0) is 35.2 Å². The molecular formula is C23H21ClF4N2O2. The first-order valence-corrected chi connectivity index (χ1v) is 10.8. The molecular weight excluding hydrogens is 448 g/mol. The number of benzene rings is 2. The normalized spacial score (nSPS) is 16.3. The van der Waals surface area contributed by atoms with E-state index in [1.807, 2.05) is 11.0 Å². The van der Waals surface area contributed by atoms with Gasteiger partial charge in [0.25, 0.3) is 0 Å². The number of halogens is 5. The van der Waals surface area contributed by atoms with Crippen molar-refractivity contribution >= 4 is 29.1 Å². The van der Waals surface area contributed by atoms with Crippen LogP contribution in [-0.4, -0.2) is 23.3 Å². The summed E-state index contributed by atoms with van der Waals surface area (Å²) in [6, 6.07) is 5.90. The number of carbonyl (C=O) groups is 2. The SMILES string of the molecule is O=C(Cc1ccc(C(F)(F)F)c(F)c1)Nc1c(Cl)ccc2c1CCN(C(=O)C1CCC1)C2. The van der Waals surface area contributed by atoms with E-state index in [2.05, 4.69) is 5.32 Å². The molecule has 1 saturated carbocycles. The summed E-state index contributed by atoms with van der Waals surface area (Å²) in [5.41, 5.74) is 0.901. The van der Waals surface area contributed by atoms with Crippen LogP contribution >= 0.6 is 11.6 Å². The van der Waals surface area contributed by atoms with Crippen LogP contribution in [0.4, 0.5) is 23.2 Å². The van der Waals surface area contributed by atoms with Crippen molar-refractivity contribution in [1.82, 2.24) is 4.90 Å². The van der Waals surface area contributed by atoms with E-state index in [4.69, 9.17) is 11.6 Å². The minimum atomic E-state index is -4.80. The average Bonchev–Trinajstić information content (AvgIpc) is 2.67. The van der Waals surface area contributed by atoms with Crippen molar-refractivity contribution in [1.29, 1.82) is 0 Å². The molecule has 1 aliphatic heterocycles. The Morgan fingerprint density at radius 1 is 1.16 bits per heavy atom. The second-order valence-corrected chi connectivity index (χ2v) is 8.64. The maximum absolute atomic E-state index is 13.8. The average molecular weight is 469 g/mol. The van der Waals surface area contributed by atoms with Crippen molar-refractivity contribution in [2.24, 2.45) is 5.92 Å². The Morgan fingerprint density at radius 2 is 1.91 bits per heavy atom. The van der Waals surface area contributed by atoms with Crippen LogP contribution in [0.2, 0.25) is 5.02 Å². The van der Waals surface area contributed by atoms with E-state index < -0.39 is 23.5 Å². The van der Waals surface area contributed by atoms with Crippen LogP contribution in [0, 0.1) is 11.7 Å². The zero-order valence-corrected chi connectivity index (χ0v) is 17.8. The van der Waals surface area contributed by atoms with Gasteiger partial charge in [-0.15, -0.1) is 0 Å². The fourth-order valence-electron chi connectivity index (χ4n) is 4.13. The third kappa shape index (κ3) is 4.60. The summed E-state index contributed by atoms with van der Waals surface area (Å²) in [6.07, 6.45) is -1.64. The van der Waals surface area contributed by atoms with Crippen LogP contribution in [0.1, 0.15) is 41.5 Å². The van der Waals surface area contributed by atoms with E-state index in [9.17, 15) is 27.2 Å². The van der Waals surface area contributed by atoms with Gasteiger partial charge in [-0.3, -0.25) is 9.59 Å². The number of hydrogen-bond acceptors (Lipinski definition) is 2. The molecule has 2 aromatic carbocycles. The summed E-state index contributed by atoms with van der Waals surface area (Å²) in [5, 5.41) is 3.05. The minimum absolute atomic E-state index is 0.104. The maximum atomic E-state index is 13.8. The molecule has 32 heavy (non-hydrogen) atoms. The Labute approximate surface area is 187 Å². The Bertz CT molecular complexity index is 1070. The Morgan fingerprint density at radius 3 is 2.53 bits per heavy atom. The molecule has 0 radical (unpaired) electrons. The Hall–Kier alpha value is -2.61. The number of nitrogens with one attached hydrogen (secondary N) is 1. The highest BCUT2D eigenvalue weighted by molar-refractivity contribution is 6.34. The molecule has 4 rings (SSSR count). The van der Waals surface area contributed by atoms with Gasteiger partial charge in [0.1, 0.15) is 5.82 Å². The second-order valence-electron chi connectivity index (χ2n) is 8.23. The van der Waals surface area contributed by atoms with Crippen LogP contribution in [0.15, 0.2) is 30.3 Å². The molecule has 0 saturated heterocycles. The minimum Gasteiger partial charge on any atom is -0.338 e. The number of alkyl halides is 3. The summed E-state index contributed by atoms with van der Waals surface area (Å²) in [5.74, 6) is -1.68. The lowest BCUT2D eigenvalue weighted by Gasteiger charge is -2.35. The molecule has 4 nitrogen and oxygen atoms in total. The maximum Gasteiger partial charge on any atom is 0.419 e. The first-order valence-electron chi connectivity index (χ1n) is 10.4. The standard InChI is InChI=1S/C23H21ClF4N2O2/c24-18-7-5-15-12-30(22(32)14-2-1-3-14)9-8-16(15)21(18)29-20(31)11-13-4-6-17(19(25)10-13)23(26,27)28/h4-7,10,14H,1-3,8-9,11-12H2,(H,29,31). The molecule has 0 spiro atoms. The van der Waals surface area contributed by atoms with Crippen LogP contribution in [0.3, 0.4) is 0 Å². The summed E-state index contributed by atoms with van der Waals surface area (Å²) < 4.78 is 52.0. The van der Waals surface area contributed by atoms with E-state index in [1.54, 1.807) is 6.07 Å². The quantitative estimate of drug-likeness (QED) is 0.614. The van der Waals surface area contributed by atoms with Crippen molar-refractivity contribution in [3.8, 4) is 0 Å². The summed E-state index contributed by atoms with van der Waals surface area (Å²) >= 11 is 6.31. The smallest absolute Gasteiger partial charge is 0.338 e. The molecule has 1 aliphatic carbocycles. The highest BCUT2D eigenvalue weighted by atomic mass is 35.5. The van der Waals surface area contributed by atoms with Gasteiger partial charge in [-0.1, -0.05) is 30.2 Å². The van der Waals surface area contributed by atoms with E-state index in [1.165, 1.54) is 0 Å². The predicted molar refractivity (Wildman–Crippen MR) is 112 cm³/mol. The summed E-state index contributed by atoms with van der Waals surface area (Å²) in [7, 11) is 0. The van der Waals surface area contributed by atoms with Gasteiger partial charge in [0.05, 0.1) is 22.7 Å². The largest absolute Gasteiger partial charge is 0.419 e. The number of carbonyl (C=O) groups excluding carboxylic acids is 2.